The Morgan fingerprint density at radius 3 is 2.43 bits per heavy atom. The number of fused-ring (bicyclic) bond motifs is 1. The van der Waals surface area contributed by atoms with Gasteiger partial charge in [0, 0.05) is 38.8 Å². The summed E-state index contributed by atoms with van der Waals surface area (Å²) < 4.78 is 41.7. The molecule has 0 N–H and O–H groups in total. The van der Waals surface area contributed by atoms with Gasteiger partial charge in [-0.05, 0) is 36.6 Å². The van der Waals surface area contributed by atoms with Crippen LogP contribution >= 0.6 is 0 Å². The Kier molecular flexibility index (Phi) is 5.15. The summed E-state index contributed by atoms with van der Waals surface area (Å²) in [4.78, 5) is 18.1. The lowest BCUT2D eigenvalue weighted by atomic mass is 10.0. The average molecular weight is 389 g/mol. The summed E-state index contributed by atoms with van der Waals surface area (Å²) in [6.07, 6.45) is 1.36. The first-order valence-corrected chi connectivity index (χ1v) is 9.53. The van der Waals surface area contributed by atoms with E-state index in [0.717, 1.165) is 12.5 Å². The van der Waals surface area contributed by atoms with Crippen molar-refractivity contribution in [2.75, 3.05) is 49.1 Å². The molecule has 0 aromatic heterocycles. The number of benzene rings is 2. The third-order valence-electron chi connectivity index (χ3n) is 5.45. The van der Waals surface area contributed by atoms with Crippen LogP contribution in [0.2, 0.25) is 0 Å². The van der Waals surface area contributed by atoms with E-state index in [0.29, 0.717) is 56.1 Å². The van der Waals surface area contributed by atoms with E-state index in [1.807, 2.05) is 4.90 Å². The van der Waals surface area contributed by atoms with Crippen LogP contribution in [0.15, 0.2) is 36.4 Å². The van der Waals surface area contributed by atoms with Crippen LogP contribution in [0, 0.1) is 17.5 Å². The number of rotatable bonds is 3. The molecule has 1 saturated heterocycles. The van der Waals surface area contributed by atoms with Crippen molar-refractivity contribution in [3.63, 3.8) is 0 Å². The third kappa shape index (κ3) is 3.66. The van der Waals surface area contributed by atoms with Gasteiger partial charge < -0.3 is 14.7 Å². The zero-order valence-electron chi connectivity index (χ0n) is 15.5. The van der Waals surface area contributed by atoms with Crippen molar-refractivity contribution in [1.29, 1.82) is 0 Å². The van der Waals surface area contributed by atoms with Crippen molar-refractivity contribution in [3.8, 4) is 0 Å². The van der Waals surface area contributed by atoms with Crippen LogP contribution in [0.4, 0.5) is 24.5 Å². The standard InChI is InChI=1S/C21H22F3N3O/c22-16-12-15-4-3-7-27(21(15)18(24)13-16)14-20(28)26-10-8-25(9-11-26)19-6-2-1-5-17(19)23/h1-2,5-6,12-13H,3-4,7-11,14H2. The molecule has 28 heavy (non-hydrogen) atoms. The summed E-state index contributed by atoms with van der Waals surface area (Å²) in [5, 5.41) is 0. The highest BCUT2D eigenvalue weighted by molar-refractivity contribution is 5.82. The third-order valence-corrected chi connectivity index (χ3v) is 5.45. The Balaban J connectivity index is 1.41. The molecular weight excluding hydrogens is 367 g/mol. The zero-order chi connectivity index (χ0) is 19.7. The van der Waals surface area contributed by atoms with E-state index in [9.17, 15) is 18.0 Å². The number of hydrogen-bond acceptors (Lipinski definition) is 3. The van der Waals surface area contributed by atoms with E-state index in [1.54, 1.807) is 28.0 Å². The average Bonchev–Trinajstić information content (AvgIpc) is 2.68. The fourth-order valence-corrected chi connectivity index (χ4v) is 4.06. The second-order valence-electron chi connectivity index (χ2n) is 7.24. The number of anilines is 2. The number of hydrogen-bond donors (Lipinski definition) is 0. The molecule has 4 nitrogen and oxygen atoms in total. The maximum Gasteiger partial charge on any atom is 0.242 e. The van der Waals surface area contributed by atoms with Crippen LogP contribution in [0.5, 0.6) is 0 Å². The van der Waals surface area contributed by atoms with Gasteiger partial charge in [-0.2, -0.15) is 0 Å². The molecule has 1 amide bonds. The summed E-state index contributed by atoms with van der Waals surface area (Å²) in [5.41, 5.74) is 1.50. The van der Waals surface area contributed by atoms with Crippen LogP contribution in [0.1, 0.15) is 12.0 Å². The topological polar surface area (TPSA) is 26.8 Å². The van der Waals surface area contributed by atoms with Gasteiger partial charge >= 0.3 is 0 Å². The molecule has 0 radical (unpaired) electrons. The molecule has 2 aliphatic heterocycles. The lowest BCUT2D eigenvalue weighted by Gasteiger charge is -2.38. The Labute approximate surface area is 162 Å². The van der Waals surface area contributed by atoms with Crippen LogP contribution in [-0.4, -0.2) is 50.1 Å². The number of halogens is 3. The van der Waals surface area contributed by atoms with E-state index in [-0.39, 0.29) is 18.3 Å². The van der Waals surface area contributed by atoms with Crippen molar-refractivity contribution in [2.24, 2.45) is 0 Å². The molecule has 2 heterocycles. The lowest BCUT2D eigenvalue weighted by Crippen LogP contribution is -2.52. The molecule has 2 aromatic carbocycles. The van der Waals surface area contributed by atoms with Crippen molar-refractivity contribution in [2.45, 2.75) is 12.8 Å². The molecule has 2 aromatic rings. The van der Waals surface area contributed by atoms with Gasteiger partial charge in [-0.3, -0.25) is 4.79 Å². The van der Waals surface area contributed by atoms with Gasteiger partial charge in [-0.25, -0.2) is 13.2 Å². The normalized spacial score (nSPS) is 16.9. The lowest BCUT2D eigenvalue weighted by molar-refractivity contribution is -0.130. The Morgan fingerprint density at radius 2 is 1.68 bits per heavy atom. The van der Waals surface area contributed by atoms with Crippen LogP contribution < -0.4 is 9.80 Å². The molecule has 0 atom stereocenters. The Morgan fingerprint density at radius 1 is 0.929 bits per heavy atom. The summed E-state index contributed by atoms with van der Waals surface area (Å²) >= 11 is 0. The smallest absolute Gasteiger partial charge is 0.242 e. The minimum absolute atomic E-state index is 0.0647. The molecular formula is C21H22F3N3O. The number of carbonyl (C=O) groups is 1. The maximum absolute atomic E-state index is 14.3. The van der Waals surface area contributed by atoms with Crippen LogP contribution in [0.25, 0.3) is 0 Å². The first-order chi connectivity index (χ1) is 13.5. The van der Waals surface area contributed by atoms with E-state index in [1.165, 1.54) is 12.1 Å². The molecule has 1 fully saturated rings. The van der Waals surface area contributed by atoms with Gasteiger partial charge in [0.25, 0.3) is 0 Å². The number of amides is 1. The molecule has 7 heteroatoms. The van der Waals surface area contributed by atoms with Crippen molar-refractivity contribution < 1.29 is 18.0 Å². The fourth-order valence-electron chi connectivity index (χ4n) is 4.06. The van der Waals surface area contributed by atoms with Gasteiger partial charge in [-0.15, -0.1) is 0 Å². The summed E-state index contributed by atoms with van der Waals surface area (Å²) in [6.45, 7) is 2.69. The molecule has 0 spiro atoms. The molecule has 0 unspecified atom stereocenters. The van der Waals surface area contributed by atoms with E-state index in [2.05, 4.69) is 0 Å². The van der Waals surface area contributed by atoms with Crippen LogP contribution in [0.3, 0.4) is 0 Å². The second-order valence-corrected chi connectivity index (χ2v) is 7.24. The monoisotopic (exact) mass is 389 g/mol. The minimum atomic E-state index is -0.619. The molecule has 148 valence electrons. The Hall–Kier alpha value is -2.70. The highest BCUT2D eigenvalue weighted by Gasteiger charge is 2.27. The molecule has 0 aliphatic carbocycles. The summed E-state index contributed by atoms with van der Waals surface area (Å²) in [5.74, 6) is -1.57. The van der Waals surface area contributed by atoms with E-state index >= 15 is 0 Å². The summed E-state index contributed by atoms with van der Waals surface area (Å²) in [6, 6.07) is 8.83. The van der Waals surface area contributed by atoms with Crippen LogP contribution in [-0.2, 0) is 11.2 Å². The van der Waals surface area contributed by atoms with E-state index in [4.69, 9.17) is 0 Å². The van der Waals surface area contributed by atoms with E-state index < -0.39 is 11.6 Å². The fraction of sp³-hybridized carbons (Fsp3) is 0.381. The summed E-state index contributed by atoms with van der Waals surface area (Å²) in [7, 11) is 0. The van der Waals surface area contributed by atoms with Gasteiger partial charge in [-0.1, -0.05) is 12.1 Å². The molecule has 0 bridgehead atoms. The van der Waals surface area contributed by atoms with Crippen molar-refractivity contribution in [3.05, 3.63) is 59.4 Å². The quantitative estimate of drug-likeness (QED) is 0.807. The first kappa shape index (κ1) is 18.7. The minimum Gasteiger partial charge on any atom is -0.366 e. The van der Waals surface area contributed by atoms with Gasteiger partial charge in [0.05, 0.1) is 17.9 Å². The number of piperazine rings is 1. The van der Waals surface area contributed by atoms with Gasteiger partial charge in [0.1, 0.15) is 17.5 Å². The van der Waals surface area contributed by atoms with Gasteiger partial charge in [0.15, 0.2) is 0 Å². The predicted molar refractivity (Wildman–Crippen MR) is 102 cm³/mol. The highest BCUT2D eigenvalue weighted by atomic mass is 19.1. The molecule has 0 saturated carbocycles. The number of carbonyl (C=O) groups excluding carboxylic acids is 1. The first-order valence-electron chi connectivity index (χ1n) is 9.53. The second kappa shape index (κ2) is 7.73. The van der Waals surface area contributed by atoms with Gasteiger partial charge in [0.2, 0.25) is 5.91 Å². The Bertz CT molecular complexity index is 881. The maximum atomic E-state index is 14.3. The molecule has 4 rings (SSSR count). The largest absolute Gasteiger partial charge is 0.366 e. The zero-order valence-corrected chi connectivity index (χ0v) is 15.5. The SMILES string of the molecule is O=C(CN1CCCc2cc(F)cc(F)c21)N1CCN(c2ccccc2F)CC1. The predicted octanol–water partition coefficient (Wildman–Crippen LogP) is 3.21. The number of aryl methyl sites for hydroxylation is 1. The van der Waals surface area contributed by atoms with Crippen molar-refractivity contribution >= 4 is 17.3 Å². The highest BCUT2D eigenvalue weighted by Crippen LogP contribution is 2.31. The molecule has 2 aliphatic rings. The van der Waals surface area contributed by atoms with Crippen molar-refractivity contribution in [1.82, 2.24) is 4.90 Å². The number of para-hydroxylation sites is 1. The number of nitrogens with zero attached hydrogens (tertiary/aromatic N) is 3.